The smallest absolute Gasteiger partial charge is 0.164 e. The van der Waals surface area contributed by atoms with E-state index < -0.39 is 0 Å². The van der Waals surface area contributed by atoms with E-state index in [0.29, 0.717) is 17.5 Å². The summed E-state index contributed by atoms with van der Waals surface area (Å²) in [5.41, 5.74) is 9.07. The van der Waals surface area contributed by atoms with Gasteiger partial charge in [0.2, 0.25) is 0 Å². The van der Waals surface area contributed by atoms with Crippen molar-refractivity contribution in [3.63, 3.8) is 0 Å². The Balaban J connectivity index is 1.13. The van der Waals surface area contributed by atoms with Crippen molar-refractivity contribution in [2.75, 3.05) is 0 Å². The van der Waals surface area contributed by atoms with E-state index in [-0.39, 0.29) is 0 Å². The zero-order valence-corrected chi connectivity index (χ0v) is 27.5. The Labute approximate surface area is 294 Å². The number of rotatable bonds is 5. The first kappa shape index (κ1) is 29.0. The zero-order valence-electron chi connectivity index (χ0n) is 27.5. The van der Waals surface area contributed by atoms with Crippen molar-refractivity contribution in [2.45, 2.75) is 0 Å². The highest BCUT2D eigenvalue weighted by Gasteiger charge is 2.18. The van der Waals surface area contributed by atoms with E-state index in [2.05, 4.69) is 115 Å². The molecule has 0 aliphatic rings. The van der Waals surface area contributed by atoms with Crippen molar-refractivity contribution >= 4 is 43.5 Å². The Kier molecular flexibility index (Phi) is 6.78. The van der Waals surface area contributed by atoms with Crippen molar-refractivity contribution in [3.8, 4) is 56.4 Å². The van der Waals surface area contributed by atoms with E-state index in [1.54, 1.807) is 0 Å². The van der Waals surface area contributed by atoms with Crippen LogP contribution < -0.4 is 0 Å². The number of benzene rings is 8. The van der Waals surface area contributed by atoms with Crippen molar-refractivity contribution < 1.29 is 4.42 Å². The second-order valence-electron chi connectivity index (χ2n) is 12.8. The van der Waals surface area contributed by atoms with E-state index in [1.165, 1.54) is 32.7 Å². The van der Waals surface area contributed by atoms with Crippen LogP contribution in [-0.2, 0) is 0 Å². The number of nitrogens with zero attached hydrogens (tertiary/aromatic N) is 3. The third kappa shape index (κ3) is 5.04. The Morgan fingerprint density at radius 2 is 0.863 bits per heavy atom. The molecule has 0 spiro atoms. The first-order valence-corrected chi connectivity index (χ1v) is 17.1. The minimum Gasteiger partial charge on any atom is -0.456 e. The topological polar surface area (TPSA) is 51.8 Å². The molecule has 4 nitrogen and oxygen atoms in total. The van der Waals surface area contributed by atoms with Gasteiger partial charge in [-0.25, -0.2) is 15.0 Å². The van der Waals surface area contributed by atoms with Gasteiger partial charge in [0.1, 0.15) is 11.2 Å². The first-order valence-electron chi connectivity index (χ1n) is 17.1. The molecule has 0 N–H and O–H groups in total. The summed E-state index contributed by atoms with van der Waals surface area (Å²) in [6.07, 6.45) is 0. The average molecular weight is 652 g/mol. The number of furan rings is 1. The van der Waals surface area contributed by atoms with E-state index in [9.17, 15) is 0 Å². The van der Waals surface area contributed by atoms with Crippen molar-refractivity contribution in [3.05, 3.63) is 176 Å². The summed E-state index contributed by atoms with van der Waals surface area (Å²) >= 11 is 0. The first-order chi connectivity index (χ1) is 25.3. The van der Waals surface area contributed by atoms with Gasteiger partial charge in [0, 0.05) is 27.5 Å². The highest BCUT2D eigenvalue weighted by molar-refractivity contribution is 6.12. The maximum absolute atomic E-state index is 6.23. The second kappa shape index (κ2) is 11.9. The van der Waals surface area contributed by atoms with E-state index >= 15 is 0 Å². The lowest BCUT2D eigenvalue weighted by Crippen LogP contribution is -2.00. The quantitative estimate of drug-likeness (QED) is 0.186. The molecule has 0 unspecified atom stereocenters. The number of hydrogen-bond acceptors (Lipinski definition) is 4. The molecule has 2 aromatic heterocycles. The molecule has 0 amide bonds. The lowest BCUT2D eigenvalue weighted by Gasteiger charge is -2.13. The lowest BCUT2D eigenvalue weighted by molar-refractivity contribution is 0.669. The van der Waals surface area contributed by atoms with Crippen molar-refractivity contribution in [2.24, 2.45) is 0 Å². The van der Waals surface area contributed by atoms with Crippen LogP contribution in [0, 0.1) is 0 Å². The normalized spacial score (nSPS) is 11.5. The maximum Gasteiger partial charge on any atom is 0.164 e. The van der Waals surface area contributed by atoms with Crippen molar-refractivity contribution in [1.29, 1.82) is 0 Å². The number of para-hydroxylation sites is 1. The molecule has 0 atom stereocenters. The molecule has 10 rings (SSSR count). The van der Waals surface area contributed by atoms with Gasteiger partial charge in [0.15, 0.2) is 17.5 Å². The van der Waals surface area contributed by atoms with Crippen LogP contribution in [0.2, 0.25) is 0 Å². The Morgan fingerprint density at radius 3 is 1.69 bits per heavy atom. The molecule has 238 valence electrons. The van der Waals surface area contributed by atoms with Gasteiger partial charge in [-0.15, -0.1) is 0 Å². The minimum atomic E-state index is 0.603. The summed E-state index contributed by atoms with van der Waals surface area (Å²) < 4.78 is 6.23. The number of aromatic nitrogens is 3. The molecule has 0 saturated carbocycles. The highest BCUT2D eigenvalue weighted by Crippen LogP contribution is 2.39. The summed E-state index contributed by atoms with van der Waals surface area (Å²) in [6, 6.07) is 61.2. The van der Waals surface area contributed by atoms with Crippen LogP contribution in [-0.4, -0.2) is 15.0 Å². The summed E-state index contributed by atoms with van der Waals surface area (Å²) in [5.74, 6) is 1.84. The molecule has 8 aromatic carbocycles. The largest absolute Gasteiger partial charge is 0.456 e. The molecule has 51 heavy (non-hydrogen) atoms. The molecule has 0 saturated heterocycles. The van der Waals surface area contributed by atoms with E-state index in [4.69, 9.17) is 19.4 Å². The summed E-state index contributed by atoms with van der Waals surface area (Å²) in [6.45, 7) is 0. The predicted octanol–water partition coefficient (Wildman–Crippen LogP) is 12.4. The standard InChI is InChI=1S/C47H29N3O/c1-2-13-31(14-3-1)45-48-46(50-47(49-45)41-23-11-25-43-44(41)40-18-6-7-24-42(40)51-43)35-17-8-16-33(29-35)36-19-9-22-39-37(20-10-21-38(36)39)34-27-26-30-12-4-5-15-32(30)28-34/h1-29H. The van der Waals surface area contributed by atoms with Crippen LogP contribution in [0.5, 0.6) is 0 Å². The fourth-order valence-electron chi connectivity index (χ4n) is 7.30. The van der Waals surface area contributed by atoms with E-state index in [1.807, 2.05) is 60.7 Å². The van der Waals surface area contributed by atoms with Crippen LogP contribution in [0.3, 0.4) is 0 Å². The van der Waals surface area contributed by atoms with Gasteiger partial charge < -0.3 is 4.42 Å². The fraction of sp³-hybridized carbons (Fsp3) is 0. The van der Waals surface area contributed by atoms with Gasteiger partial charge in [-0.05, 0) is 68.1 Å². The predicted molar refractivity (Wildman–Crippen MR) is 209 cm³/mol. The molecule has 0 fully saturated rings. The van der Waals surface area contributed by atoms with Gasteiger partial charge in [-0.1, -0.05) is 152 Å². The van der Waals surface area contributed by atoms with E-state index in [0.717, 1.165) is 49.8 Å². The molecule has 0 aliphatic carbocycles. The monoisotopic (exact) mass is 651 g/mol. The molecule has 10 aromatic rings. The second-order valence-corrected chi connectivity index (χ2v) is 12.8. The van der Waals surface area contributed by atoms with Crippen LogP contribution in [0.15, 0.2) is 180 Å². The molecule has 0 radical (unpaired) electrons. The van der Waals surface area contributed by atoms with Crippen LogP contribution in [0.4, 0.5) is 0 Å². The van der Waals surface area contributed by atoms with Gasteiger partial charge >= 0.3 is 0 Å². The molecule has 4 heteroatoms. The third-order valence-electron chi connectivity index (χ3n) is 9.73. The Bertz CT molecular complexity index is 2930. The average Bonchev–Trinajstić information content (AvgIpc) is 3.59. The Hall–Kier alpha value is -6.91. The molecular formula is C47H29N3O. The van der Waals surface area contributed by atoms with Gasteiger partial charge in [-0.2, -0.15) is 0 Å². The third-order valence-corrected chi connectivity index (χ3v) is 9.73. The van der Waals surface area contributed by atoms with Gasteiger partial charge in [0.05, 0.1) is 0 Å². The van der Waals surface area contributed by atoms with Crippen LogP contribution >= 0.6 is 0 Å². The minimum absolute atomic E-state index is 0.603. The molecular weight excluding hydrogens is 623 g/mol. The van der Waals surface area contributed by atoms with Gasteiger partial charge in [-0.3, -0.25) is 0 Å². The summed E-state index contributed by atoms with van der Waals surface area (Å²) in [7, 11) is 0. The highest BCUT2D eigenvalue weighted by atomic mass is 16.3. The summed E-state index contributed by atoms with van der Waals surface area (Å²) in [5, 5.41) is 6.92. The maximum atomic E-state index is 6.23. The SMILES string of the molecule is c1ccc(-c2nc(-c3cccc(-c4cccc5c(-c6ccc7ccccc7c6)cccc45)c3)nc(-c3cccc4oc5ccccc5c34)n2)cc1. The molecule has 0 aliphatic heterocycles. The Morgan fingerprint density at radius 1 is 0.314 bits per heavy atom. The number of fused-ring (bicyclic) bond motifs is 5. The fourth-order valence-corrected chi connectivity index (χ4v) is 7.30. The molecule has 2 heterocycles. The van der Waals surface area contributed by atoms with Gasteiger partial charge in [0.25, 0.3) is 0 Å². The van der Waals surface area contributed by atoms with Crippen LogP contribution in [0.1, 0.15) is 0 Å². The van der Waals surface area contributed by atoms with Crippen molar-refractivity contribution in [1.82, 2.24) is 15.0 Å². The molecule has 0 bridgehead atoms. The van der Waals surface area contributed by atoms with Crippen LogP contribution in [0.25, 0.3) is 99.9 Å². The lowest BCUT2D eigenvalue weighted by atomic mass is 9.91. The summed E-state index contributed by atoms with van der Waals surface area (Å²) in [4.78, 5) is 15.3. The zero-order chi connectivity index (χ0) is 33.7. The number of hydrogen-bond donors (Lipinski definition) is 0.